The second kappa shape index (κ2) is 7.74. The number of aromatic nitrogens is 2. The molecule has 1 aromatic rings. The first-order chi connectivity index (χ1) is 7.88. The van der Waals surface area contributed by atoms with Crippen molar-refractivity contribution in [1.29, 1.82) is 0 Å². The molecule has 96 valence electrons. The minimum absolute atomic E-state index is 0. The maximum Gasteiger partial charge on any atom is 0.189 e. The van der Waals surface area contributed by atoms with Crippen molar-refractivity contribution in [3.63, 3.8) is 0 Å². The number of halogens is 1. The van der Waals surface area contributed by atoms with Crippen LogP contribution in [0.15, 0.2) is 17.4 Å². The molecule has 17 heavy (non-hydrogen) atoms. The topological polar surface area (TPSA) is 49.8 Å². The standard InChI is InChI=1S/C11H18N4S.ClH/c1-16-11-13-6-4-10(15-11)14-8-9-3-2-5-12-7-9;/h4,6,9,12H,2-3,5,7-8H2,1H3,(H,13,14,15);1H. The summed E-state index contributed by atoms with van der Waals surface area (Å²) in [7, 11) is 0. The van der Waals surface area contributed by atoms with E-state index in [0.29, 0.717) is 0 Å². The number of piperidine rings is 1. The van der Waals surface area contributed by atoms with E-state index >= 15 is 0 Å². The van der Waals surface area contributed by atoms with E-state index in [1.165, 1.54) is 19.4 Å². The molecule has 2 rings (SSSR count). The van der Waals surface area contributed by atoms with Crippen LogP contribution < -0.4 is 10.6 Å². The summed E-state index contributed by atoms with van der Waals surface area (Å²) < 4.78 is 0. The summed E-state index contributed by atoms with van der Waals surface area (Å²) in [6.45, 7) is 3.28. The molecule has 0 spiro atoms. The lowest BCUT2D eigenvalue weighted by molar-refractivity contribution is 0.392. The van der Waals surface area contributed by atoms with Crippen molar-refractivity contribution in [2.45, 2.75) is 18.0 Å². The van der Waals surface area contributed by atoms with Gasteiger partial charge in [0.2, 0.25) is 0 Å². The third-order valence-electron chi connectivity index (χ3n) is 2.79. The van der Waals surface area contributed by atoms with Crippen molar-refractivity contribution in [1.82, 2.24) is 15.3 Å². The molecule has 0 aromatic carbocycles. The van der Waals surface area contributed by atoms with Gasteiger partial charge < -0.3 is 10.6 Å². The Labute approximate surface area is 113 Å². The second-order valence-electron chi connectivity index (χ2n) is 4.02. The zero-order valence-electron chi connectivity index (χ0n) is 9.98. The number of hydrogen-bond donors (Lipinski definition) is 2. The lowest BCUT2D eigenvalue weighted by atomic mass is 10.00. The summed E-state index contributed by atoms with van der Waals surface area (Å²) in [5.41, 5.74) is 0. The van der Waals surface area contributed by atoms with Gasteiger partial charge in [0.15, 0.2) is 5.16 Å². The molecule has 0 radical (unpaired) electrons. The number of anilines is 1. The molecule has 2 heterocycles. The van der Waals surface area contributed by atoms with Gasteiger partial charge in [0.05, 0.1) is 0 Å². The van der Waals surface area contributed by atoms with E-state index in [2.05, 4.69) is 20.6 Å². The Morgan fingerprint density at radius 1 is 1.59 bits per heavy atom. The van der Waals surface area contributed by atoms with Gasteiger partial charge in [-0.1, -0.05) is 11.8 Å². The van der Waals surface area contributed by atoms with Crippen LogP contribution in [0.3, 0.4) is 0 Å². The third-order valence-corrected chi connectivity index (χ3v) is 3.35. The van der Waals surface area contributed by atoms with E-state index in [0.717, 1.165) is 30.0 Å². The number of nitrogens with one attached hydrogen (secondary N) is 2. The molecule has 0 aliphatic carbocycles. The minimum Gasteiger partial charge on any atom is -0.370 e. The van der Waals surface area contributed by atoms with Crippen LogP contribution in [0.5, 0.6) is 0 Å². The highest BCUT2D eigenvalue weighted by molar-refractivity contribution is 7.98. The Balaban J connectivity index is 0.00000144. The lowest BCUT2D eigenvalue weighted by Crippen LogP contribution is -2.33. The van der Waals surface area contributed by atoms with Crippen LogP contribution >= 0.6 is 24.2 Å². The fourth-order valence-corrected chi connectivity index (χ4v) is 2.24. The summed E-state index contributed by atoms with van der Waals surface area (Å²) in [6, 6.07) is 1.93. The van der Waals surface area contributed by atoms with Crippen molar-refractivity contribution >= 4 is 30.0 Å². The third kappa shape index (κ3) is 4.69. The van der Waals surface area contributed by atoms with Crippen LogP contribution in [0.4, 0.5) is 5.82 Å². The van der Waals surface area contributed by atoms with Gasteiger partial charge in [0, 0.05) is 12.7 Å². The molecular formula is C11H19ClN4S. The first-order valence-electron chi connectivity index (χ1n) is 5.70. The van der Waals surface area contributed by atoms with Crippen LogP contribution in [0.1, 0.15) is 12.8 Å². The van der Waals surface area contributed by atoms with Crippen LogP contribution in [0.25, 0.3) is 0 Å². The predicted molar refractivity (Wildman–Crippen MR) is 75.1 cm³/mol. The van der Waals surface area contributed by atoms with Crippen molar-refractivity contribution in [2.75, 3.05) is 31.2 Å². The molecule has 2 N–H and O–H groups in total. The second-order valence-corrected chi connectivity index (χ2v) is 4.80. The monoisotopic (exact) mass is 274 g/mol. The maximum absolute atomic E-state index is 4.40. The highest BCUT2D eigenvalue weighted by atomic mass is 35.5. The van der Waals surface area contributed by atoms with Gasteiger partial charge in [-0.2, -0.15) is 0 Å². The van der Waals surface area contributed by atoms with Gasteiger partial charge in [0.25, 0.3) is 0 Å². The fraction of sp³-hybridized carbons (Fsp3) is 0.636. The average molecular weight is 275 g/mol. The zero-order chi connectivity index (χ0) is 11.2. The highest BCUT2D eigenvalue weighted by Crippen LogP contribution is 2.13. The van der Waals surface area contributed by atoms with E-state index in [1.807, 2.05) is 12.3 Å². The number of rotatable bonds is 4. The smallest absolute Gasteiger partial charge is 0.189 e. The fourth-order valence-electron chi connectivity index (χ4n) is 1.88. The van der Waals surface area contributed by atoms with Gasteiger partial charge in [0.1, 0.15) is 5.82 Å². The summed E-state index contributed by atoms with van der Waals surface area (Å²) in [6.07, 6.45) is 6.39. The summed E-state index contributed by atoms with van der Waals surface area (Å²) in [4.78, 5) is 8.55. The average Bonchev–Trinajstić information content (AvgIpc) is 2.38. The quantitative estimate of drug-likeness (QED) is 0.650. The Morgan fingerprint density at radius 2 is 2.47 bits per heavy atom. The van der Waals surface area contributed by atoms with Crippen LogP contribution in [-0.4, -0.2) is 35.9 Å². The maximum atomic E-state index is 4.40. The van der Waals surface area contributed by atoms with Crippen molar-refractivity contribution in [2.24, 2.45) is 5.92 Å². The molecule has 1 saturated heterocycles. The molecule has 0 bridgehead atoms. The molecule has 1 unspecified atom stereocenters. The number of nitrogens with zero attached hydrogens (tertiary/aromatic N) is 2. The Hall–Kier alpha value is -0.520. The lowest BCUT2D eigenvalue weighted by Gasteiger charge is -2.23. The van der Waals surface area contributed by atoms with E-state index in [9.17, 15) is 0 Å². The van der Waals surface area contributed by atoms with Gasteiger partial charge in [-0.25, -0.2) is 9.97 Å². The van der Waals surface area contributed by atoms with Gasteiger partial charge >= 0.3 is 0 Å². The predicted octanol–water partition coefficient (Wildman–Crippen LogP) is 2.03. The molecule has 1 aromatic heterocycles. The van der Waals surface area contributed by atoms with E-state index in [4.69, 9.17) is 0 Å². The Kier molecular flexibility index (Phi) is 6.62. The molecule has 1 atom stereocenters. The van der Waals surface area contributed by atoms with Crippen LogP contribution in [0, 0.1) is 5.92 Å². The highest BCUT2D eigenvalue weighted by Gasteiger charge is 2.12. The van der Waals surface area contributed by atoms with Crippen LogP contribution in [-0.2, 0) is 0 Å². The first-order valence-corrected chi connectivity index (χ1v) is 6.92. The summed E-state index contributed by atoms with van der Waals surface area (Å²) >= 11 is 1.57. The van der Waals surface area contributed by atoms with E-state index < -0.39 is 0 Å². The molecule has 1 aliphatic heterocycles. The Morgan fingerprint density at radius 3 is 3.18 bits per heavy atom. The number of thioether (sulfide) groups is 1. The summed E-state index contributed by atoms with van der Waals surface area (Å²) in [5.74, 6) is 1.66. The zero-order valence-corrected chi connectivity index (χ0v) is 11.6. The van der Waals surface area contributed by atoms with E-state index in [-0.39, 0.29) is 12.4 Å². The summed E-state index contributed by atoms with van der Waals surface area (Å²) in [5, 5.41) is 7.63. The Bertz CT molecular complexity index is 331. The number of hydrogen-bond acceptors (Lipinski definition) is 5. The molecule has 0 amide bonds. The molecule has 4 nitrogen and oxygen atoms in total. The molecular weight excluding hydrogens is 256 g/mol. The normalized spacial score (nSPS) is 19.5. The van der Waals surface area contributed by atoms with E-state index in [1.54, 1.807) is 18.0 Å². The van der Waals surface area contributed by atoms with Crippen molar-refractivity contribution in [3.05, 3.63) is 12.3 Å². The SMILES string of the molecule is CSc1nccc(NCC2CCCNC2)n1.Cl. The molecule has 1 aliphatic rings. The van der Waals surface area contributed by atoms with Crippen molar-refractivity contribution < 1.29 is 0 Å². The minimum atomic E-state index is 0. The van der Waals surface area contributed by atoms with Gasteiger partial charge in [-0.05, 0) is 44.2 Å². The largest absolute Gasteiger partial charge is 0.370 e. The molecule has 1 fully saturated rings. The van der Waals surface area contributed by atoms with Crippen molar-refractivity contribution in [3.8, 4) is 0 Å². The first kappa shape index (κ1) is 14.5. The van der Waals surface area contributed by atoms with Gasteiger partial charge in [-0.3, -0.25) is 0 Å². The molecule has 6 heteroatoms. The van der Waals surface area contributed by atoms with Gasteiger partial charge in [-0.15, -0.1) is 12.4 Å². The van der Waals surface area contributed by atoms with Crippen LogP contribution in [0.2, 0.25) is 0 Å². The molecule has 0 saturated carbocycles.